The minimum Gasteiger partial charge on any atom is -0.383 e. The molecule has 1 atom stereocenters. The van der Waals surface area contributed by atoms with Crippen molar-refractivity contribution in [2.75, 3.05) is 11.1 Å². The van der Waals surface area contributed by atoms with Crippen LogP contribution in [-0.2, 0) is 30.7 Å². The zero-order chi connectivity index (χ0) is 20.3. The monoisotopic (exact) mass is 384 g/mol. The minimum absolute atomic E-state index is 0.0189. The summed E-state index contributed by atoms with van der Waals surface area (Å²) in [5, 5.41) is 2.75. The van der Waals surface area contributed by atoms with Crippen molar-refractivity contribution in [3.8, 4) is 0 Å². The molecule has 2 aromatic rings. The first-order valence-corrected chi connectivity index (χ1v) is 9.98. The molecule has 1 unspecified atom stereocenters. The van der Waals surface area contributed by atoms with Crippen LogP contribution >= 0.6 is 0 Å². The normalized spacial score (nSPS) is 15.9. The van der Waals surface area contributed by atoms with Crippen LogP contribution in [0, 0.1) is 5.92 Å². The van der Waals surface area contributed by atoms with Crippen molar-refractivity contribution in [1.82, 2.24) is 9.13 Å². The molecule has 1 aromatic carbocycles. The number of nitrogens with zero attached hydrogens (tertiary/aromatic N) is 2. The number of rotatable bonds is 6. The van der Waals surface area contributed by atoms with E-state index < -0.39 is 11.2 Å². The highest BCUT2D eigenvalue weighted by atomic mass is 16.2. The number of hydrogen-bond acceptors (Lipinski definition) is 4. The van der Waals surface area contributed by atoms with E-state index in [1.54, 1.807) is 0 Å². The van der Waals surface area contributed by atoms with E-state index in [-0.39, 0.29) is 23.3 Å². The van der Waals surface area contributed by atoms with Gasteiger partial charge in [0.15, 0.2) is 0 Å². The quantitative estimate of drug-likeness (QED) is 0.797. The van der Waals surface area contributed by atoms with Gasteiger partial charge in [-0.05, 0) is 43.2 Å². The standard InChI is InChI=1S/C21H28N4O3/c1-3-11-24-18(22)17(20(27)25(12-4-2)21(24)28)23-19(26)16-10-9-14-7-5-6-8-15(14)13-16/h5-8,16H,3-4,9-13,22H2,1-2H3,(H,23,26). The van der Waals surface area contributed by atoms with Crippen molar-refractivity contribution in [3.05, 3.63) is 56.2 Å². The number of amides is 1. The first-order chi connectivity index (χ1) is 13.5. The Balaban J connectivity index is 1.92. The number of nitrogens with one attached hydrogen (secondary N) is 1. The Kier molecular flexibility index (Phi) is 6.02. The van der Waals surface area contributed by atoms with Gasteiger partial charge in [-0.1, -0.05) is 38.1 Å². The fraction of sp³-hybridized carbons (Fsp3) is 0.476. The first-order valence-electron chi connectivity index (χ1n) is 9.98. The van der Waals surface area contributed by atoms with E-state index in [1.807, 2.05) is 32.0 Å². The average Bonchev–Trinajstić information content (AvgIpc) is 2.71. The number of carbonyl (C=O) groups excluding carboxylic acids is 1. The Morgan fingerprint density at radius 3 is 2.43 bits per heavy atom. The van der Waals surface area contributed by atoms with Crippen LogP contribution in [-0.4, -0.2) is 15.0 Å². The van der Waals surface area contributed by atoms with Crippen LogP contribution in [0.1, 0.15) is 44.2 Å². The molecule has 0 aliphatic heterocycles. The number of fused-ring (bicyclic) bond motifs is 1. The molecule has 0 spiro atoms. The molecule has 0 radical (unpaired) electrons. The number of hydrogen-bond donors (Lipinski definition) is 2. The van der Waals surface area contributed by atoms with Crippen LogP contribution in [0.2, 0.25) is 0 Å². The Hall–Kier alpha value is -2.83. The number of carbonyl (C=O) groups is 1. The molecule has 0 saturated heterocycles. The number of anilines is 2. The minimum atomic E-state index is -0.527. The van der Waals surface area contributed by atoms with Gasteiger partial charge in [-0.25, -0.2) is 4.79 Å². The summed E-state index contributed by atoms with van der Waals surface area (Å²) in [7, 11) is 0. The van der Waals surface area contributed by atoms with E-state index in [0.717, 1.165) is 17.4 Å². The third kappa shape index (κ3) is 3.74. The third-order valence-electron chi connectivity index (χ3n) is 5.33. The lowest BCUT2D eigenvalue weighted by Gasteiger charge is -2.24. The summed E-state index contributed by atoms with van der Waals surface area (Å²) >= 11 is 0. The van der Waals surface area contributed by atoms with Crippen LogP contribution in [0.4, 0.5) is 11.5 Å². The van der Waals surface area contributed by atoms with Crippen LogP contribution in [0.3, 0.4) is 0 Å². The van der Waals surface area contributed by atoms with Crippen molar-refractivity contribution in [1.29, 1.82) is 0 Å². The van der Waals surface area contributed by atoms with Crippen LogP contribution < -0.4 is 22.3 Å². The number of benzene rings is 1. The second-order valence-corrected chi connectivity index (χ2v) is 7.35. The van der Waals surface area contributed by atoms with Crippen molar-refractivity contribution < 1.29 is 4.79 Å². The van der Waals surface area contributed by atoms with Crippen LogP contribution in [0.15, 0.2) is 33.9 Å². The second-order valence-electron chi connectivity index (χ2n) is 7.35. The van der Waals surface area contributed by atoms with E-state index >= 15 is 0 Å². The fourth-order valence-electron chi connectivity index (χ4n) is 3.84. The predicted molar refractivity (Wildman–Crippen MR) is 111 cm³/mol. The average molecular weight is 384 g/mol. The molecule has 1 heterocycles. The second kappa shape index (κ2) is 8.46. The molecule has 0 bridgehead atoms. The van der Waals surface area contributed by atoms with E-state index in [4.69, 9.17) is 5.73 Å². The number of nitrogens with two attached hydrogens (primary N) is 1. The summed E-state index contributed by atoms with van der Waals surface area (Å²) in [6.07, 6.45) is 3.53. The van der Waals surface area contributed by atoms with Crippen LogP contribution in [0.5, 0.6) is 0 Å². The molecule has 1 aliphatic carbocycles. The maximum atomic E-state index is 12.9. The molecule has 3 rings (SSSR count). The Morgan fingerprint density at radius 1 is 1.11 bits per heavy atom. The van der Waals surface area contributed by atoms with Gasteiger partial charge in [-0.15, -0.1) is 0 Å². The summed E-state index contributed by atoms with van der Waals surface area (Å²) in [4.78, 5) is 38.3. The molecular weight excluding hydrogens is 356 g/mol. The zero-order valence-electron chi connectivity index (χ0n) is 16.5. The first kappa shape index (κ1) is 19.9. The lowest BCUT2D eigenvalue weighted by Crippen LogP contribution is -2.43. The molecule has 0 saturated carbocycles. The molecular formula is C21H28N4O3. The maximum absolute atomic E-state index is 12.9. The van der Waals surface area contributed by atoms with Gasteiger partial charge in [-0.3, -0.25) is 18.7 Å². The summed E-state index contributed by atoms with van der Waals surface area (Å²) < 4.78 is 2.54. The van der Waals surface area contributed by atoms with Crippen molar-refractivity contribution in [2.45, 2.75) is 59.0 Å². The van der Waals surface area contributed by atoms with E-state index in [9.17, 15) is 14.4 Å². The van der Waals surface area contributed by atoms with E-state index in [0.29, 0.717) is 32.4 Å². The number of aromatic nitrogens is 2. The van der Waals surface area contributed by atoms with Crippen LogP contribution in [0.25, 0.3) is 0 Å². The van der Waals surface area contributed by atoms with Gasteiger partial charge < -0.3 is 11.1 Å². The predicted octanol–water partition coefficient (Wildman–Crippen LogP) is 2.16. The topological polar surface area (TPSA) is 99.1 Å². The third-order valence-corrected chi connectivity index (χ3v) is 5.33. The van der Waals surface area contributed by atoms with Crippen molar-refractivity contribution in [2.24, 2.45) is 5.92 Å². The summed E-state index contributed by atoms with van der Waals surface area (Å²) in [6, 6.07) is 8.11. The molecule has 150 valence electrons. The summed E-state index contributed by atoms with van der Waals surface area (Å²) in [5.41, 5.74) is 7.64. The molecule has 28 heavy (non-hydrogen) atoms. The summed E-state index contributed by atoms with van der Waals surface area (Å²) in [5.74, 6) is -0.406. The zero-order valence-corrected chi connectivity index (χ0v) is 16.5. The highest BCUT2D eigenvalue weighted by molar-refractivity contribution is 5.94. The molecule has 7 nitrogen and oxygen atoms in total. The molecule has 1 aliphatic rings. The van der Waals surface area contributed by atoms with Crippen molar-refractivity contribution in [3.63, 3.8) is 0 Å². The van der Waals surface area contributed by atoms with Crippen molar-refractivity contribution >= 4 is 17.4 Å². The molecule has 0 fully saturated rings. The molecule has 7 heteroatoms. The smallest absolute Gasteiger partial charge is 0.332 e. The van der Waals surface area contributed by atoms with Gasteiger partial charge in [0, 0.05) is 19.0 Å². The Bertz CT molecular complexity index is 990. The lowest BCUT2D eigenvalue weighted by atomic mass is 9.83. The van der Waals surface area contributed by atoms with Gasteiger partial charge in [0.1, 0.15) is 11.5 Å². The number of aryl methyl sites for hydroxylation is 1. The highest BCUT2D eigenvalue weighted by Crippen LogP contribution is 2.26. The largest absolute Gasteiger partial charge is 0.383 e. The highest BCUT2D eigenvalue weighted by Gasteiger charge is 2.27. The maximum Gasteiger partial charge on any atom is 0.332 e. The van der Waals surface area contributed by atoms with E-state index in [2.05, 4.69) is 11.4 Å². The van der Waals surface area contributed by atoms with E-state index in [1.165, 1.54) is 15.7 Å². The van der Waals surface area contributed by atoms with Gasteiger partial charge >= 0.3 is 5.69 Å². The van der Waals surface area contributed by atoms with Gasteiger partial charge in [0.2, 0.25) is 5.91 Å². The van der Waals surface area contributed by atoms with Gasteiger partial charge in [0.05, 0.1) is 0 Å². The molecule has 1 aromatic heterocycles. The number of nitrogen functional groups attached to an aromatic ring is 1. The fourth-order valence-corrected chi connectivity index (χ4v) is 3.84. The van der Waals surface area contributed by atoms with Gasteiger partial charge in [0.25, 0.3) is 5.56 Å². The Morgan fingerprint density at radius 2 is 1.75 bits per heavy atom. The molecule has 3 N–H and O–H groups in total. The SMILES string of the molecule is CCCn1c(N)c(NC(=O)C2CCc3ccccc3C2)c(=O)n(CCC)c1=O. The Labute approximate surface area is 164 Å². The molecule has 1 amide bonds. The van der Waals surface area contributed by atoms with Gasteiger partial charge in [-0.2, -0.15) is 0 Å². The summed E-state index contributed by atoms with van der Waals surface area (Å²) in [6.45, 7) is 4.51. The lowest BCUT2D eigenvalue weighted by molar-refractivity contribution is -0.120.